The Bertz CT molecular complexity index is 545. The quantitative estimate of drug-likeness (QED) is 0.932. The molecule has 96 valence electrons. The summed E-state index contributed by atoms with van der Waals surface area (Å²) in [5.74, 6) is 0.927. The van der Waals surface area contributed by atoms with Crippen LogP contribution in [0.2, 0.25) is 5.02 Å². The molecule has 4 nitrogen and oxygen atoms in total. The minimum Gasteiger partial charge on any atom is -0.393 e. The monoisotopic (exact) mass is 330 g/mol. The second-order valence-corrected chi connectivity index (χ2v) is 5.17. The molecule has 1 unspecified atom stereocenters. The first kappa shape index (κ1) is 13.5. The maximum atomic E-state index is 9.52. The molecule has 2 rings (SSSR count). The standard InChI is InChI=1S/C12H12BrClN2O2/c1-2-8(17)6-11-15-12(16-18-11)7-3-4-10(14)9(13)5-7/h3-5,8,17H,2,6H2,1H3. The van der Waals surface area contributed by atoms with Gasteiger partial charge in [0.25, 0.3) is 0 Å². The van der Waals surface area contributed by atoms with Crippen molar-refractivity contribution in [2.75, 3.05) is 0 Å². The lowest BCUT2D eigenvalue weighted by Gasteiger charge is -2.01. The van der Waals surface area contributed by atoms with Gasteiger partial charge in [-0.15, -0.1) is 0 Å². The molecule has 0 amide bonds. The smallest absolute Gasteiger partial charge is 0.229 e. The number of rotatable bonds is 4. The third-order valence-corrected chi connectivity index (χ3v) is 3.74. The normalized spacial score (nSPS) is 12.7. The van der Waals surface area contributed by atoms with Gasteiger partial charge in [-0.05, 0) is 40.5 Å². The number of aliphatic hydroxyl groups is 1. The summed E-state index contributed by atoms with van der Waals surface area (Å²) in [5, 5.41) is 14.0. The molecular weight excluding hydrogens is 320 g/mol. The third kappa shape index (κ3) is 3.10. The van der Waals surface area contributed by atoms with Gasteiger partial charge in [-0.1, -0.05) is 23.7 Å². The van der Waals surface area contributed by atoms with Crippen molar-refractivity contribution < 1.29 is 9.63 Å². The Kier molecular flexibility index (Phi) is 4.37. The Hall–Kier alpha value is -0.910. The molecule has 0 saturated carbocycles. The average Bonchev–Trinajstić information content (AvgIpc) is 2.81. The van der Waals surface area contributed by atoms with Gasteiger partial charge in [0.2, 0.25) is 11.7 Å². The number of nitrogens with zero attached hydrogens (tertiary/aromatic N) is 2. The van der Waals surface area contributed by atoms with Crippen molar-refractivity contribution in [2.24, 2.45) is 0 Å². The van der Waals surface area contributed by atoms with Crippen molar-refractivity contribution in [1.29, 1.82) is 0 Å². The van der Waals surface area contributed by atoms with Gasteiger partial charge in [-0.2, -0.15) is 4.98 Å². The molecule has 0 radical (unpaired) electrons. The van der Waals surface area contributed by atoms with E-state index in [0.29, 0.717) is 29.6 Å². The van der Waals surface area contributed by atoms with E-state index in [1.54, 1.807) is 6.07 Å². The van der Waals surface area contributed by atoms with Crippen LogP contribution in [-0.4, -0.2) is 21.4 Å². The number of hydrogen-bond acceptors (Lipinski definition) is 4. The Labute approximate surface area is 118 Å². The fourth-order valence-corrected chi connectivity index (χ4v) is 1.93. The molecule has 1 aromatic carbocycles. The van der Waals surface area contributed by atoms with Crippen LogP contribution in [0.25, 0.3) is 11.4 Å². The zero-order valence-corrected chi connectivity index (χ0v) is 12.1. The summed E-state index contributed by atoms with van der Waals surface area (Å²) in [7, 11) is 0. The Morgan fingerprint density at radius 3 is 2.94 bits per heavy atom. The largest absolute Gasteiger partial charge is 0.393 e. The van der Waals surface area contributed by atoms with E-state index < -0.39 is 6.10 Å². The third-order valence-electron chi connectivity index (χ3n) is 2.53. The highest BCUT2D eigenvalue weighted by Crippen LogP contribution is 2.27. The molecule has 0 spiro atoms. The lowest BCUT2D eigenvalue weighted by molar-refractivity contribution is 0.158. The van der Waals surface area contributed by atoms with Crippen molar-refractivity contribution in [3.63, 3.8) is 0 Å². The van der Waals surface area contributed by atoms with Gasteiger partial charge in [0.15, 0.2) is 0 Å². The minimum atomic E-state index is -0.449. The Morgan fingerprint density at radius 1 is 1.50 bits per heavy atom. The highest BCUT2D eigenvalue weighted by atomic mass is 79.9. The lowest BCUT2D eigenvalue weighted by Crippen LogP contribution is -2.08. The van der Waals surface area contributed by atoms with E-state index in [9.17, 15) is 5.11 Å². The van der Waals surface area contributed by atoms with Gasteiger partial charge in [-0.25, -0.2) is 0 Å². The zero-order valence-electron chi connectivity index (χ0n) is 9.73. The molecule has 0 saturated heterocycles. The first-order valence-electron chi connectivity index (χ1n) is 5.56. The summed E-state index contributed by atoms with van der Waals surface area (Å²) in [6, 6.07) is 5.41. The van der Waals surface area contributed by atoms with E-state index >= 15 is 0 Å². The molecule has 0 aliphatic rings. The molecule has 6 heteroatoms. The van der Waals surface area contributed by atoms with Crippen LogP contribution in [0.5, 0.6) is 0 Å². The molecule has 1 aromatic heterocycles. The van der Waals surface area contributed by atoms with Gasteiger partial charge in [0.1, 0.15) is 0 Å². The van der Waals surface area contributed by atoms with Crippen LogP contribution in [0.4, 0.5) is 0 Å². The van der Waals surface area contributed by atoms with Crippen LogP contribution in [0.3, 0.4) is 0 Å². The number of halogens is 2. The molecule has 1 N–H and O–H groups in total. The van der Waals surface area contributed by atoms with Gasteiger partial charge in [0.05, 0.1) is 17.5 Å². The number of hydrogen-bond donors (Lipinski definition) is 1. The predicted octanol–water partition coefficient (Wildman–Crippen LogP) is 3.47. The number of aromatic nitrogens is 2. The fraction of sp³-hybridized carbons (Fsp3) is 0.333. The Morgan fingerprint density at radius 2 is 2.28 bits per heavy atom. The average molecular weight is 332 g/mol. The summed E-state index contributed by atoms with van der Waals surface area (Å²) in [5.41, 5.74) is 0.812. The molecule has 1 heterocycles. The minimum absolute atomic E-state index is 0.373. The highest BCUT2D eigenvalue weighted by molar-refractivity contribution is 9.10. The molecule has 0 fully saturated rings. The first-order valence-corrected chi connectivity index (χ1v) is 6.73. The van der Waals surface area contributed by atoms with Crippen LogP contribution >= 0.6 is 27.5 Å². The van der Waals surface area contributed by atoms with Crippen LogP contribution in [0.15, 0.2) is 27.2 Å². The molecular formula is C12H12BrClN2O2. The van der Waals surface area contributed by atoms with Gasteiger partial charge < -0.3 is 9.63 Å². The van der Waals surface area contributed by atoms with E-state index in [2.05, 4.69) is 26.1 Å². The molecule has 0 bridgehead atoms. The highest BCUT2D eigenvalue weighted by Gasteiger charge is 2.12. The van der Waals surface area contributed by atoms with Crippen LogP contribution in [-0.2, 0) is 6.42 Å². The van der Waals surface area contributed by atoms with Gasteiger partial charge in [0, 0.05) is 10.0 Å². The van der Waals surface area contributed by atoms with E-state index in [1.807, 2.05) is 19.1 Å². The summed E-state index contributed by atoms with van der Waals surface area (Å²) in [6.45, 7) is 1.90. The van der Waals surface area contributed by atoms with Crippen LogP contribution in [0.1, 0.15) is 19.2 Å². The summed E-state index contributed by atoms with van der Waals surface area (Å²) in [6.07, 6.45) is 0.581. The first-order chi connectivity index (χ1) is 8.60. The zero-order chi connectivity index (χ0) is 13.1. The molecule has 0 aliphatic carbocycles. The summed E-state index contributed by atoms with van der Waals surface area (Å²) < 4.78 is 5.87. The van der Waals surface area contributed by atoms with Crippen molar-refractivity contribution >= 4 is 27.5 Å². The number of benzene rings is 1. The van der Waals surface area contributed by atoms with E-state index in [0.717, 1.165) is 10.0 Å². The SMILES string of the molecule is CCC(O)Cc1nc(-c2ccc(Cl)c(Br)c2)no1. The van der Waals surface area contributed by atoms with Crippen LogP contribution in [0, 0.1) is 0 Å². The van der Waals surface area contributed by atoms with Gasteiger partial charge >= 0.3 is 0 Å². The lowest BCUT2D eigenvalue weighted by atomic mass is 10.2. The summed E-state index contributed by atoms with van der Waals surface area (Å²) >= 11 is 9.26. The second-order valence-electron chi connectivity index (χ2n) is 3.91. The topological polar surface area (TPSA) is 59.2 Å². The molecule has 2 aromatic rings. The van der Waals surface area contributed by atoms with E-state index in [1.165, 1.54) is 0 Å². The summed E-state index contributed by atoms with van der Waals surface area (Å²) in [4.78, 5) is 4.24. The van der Waals surface area contributed by atoms with Crippen molar-refractivity contribution in [3.05, 3.63) is 33.6 Å². The van der Waals surface area contributed by atoms with Crippen molar-refractivity contribution in [3.8, 4) is 11.4 Å². The second kappa shape index (κ2) is 5.82. The van der Waals surface area contributed by atoms with Crippen molar-refractivity contribution in [2.45, 2.75) is 25.9 Å². The maximum Gasteiger partial charge on any atom is 0.229 e. The molecule has 1 atom stereocenters. The molecule has 18 heavy (non-hydrogen) atoms. The van der Waals surface area contributed by atoms with E-state index in [4.69, 9.17) is 16.1 Å². The Balaban J connectivity index is 2.21. The maximum absolute atomic E-state index is 9.52. The van der Waals surface area contributed by atoms with Crippen LogP contribution < -0.4 is 0 Å². The van der Waals surface area contributed by atoms with Crippen molar-refractivity contribution in [1.82, 2.24) is 10.1 Å². The van der Waals surface area contributed by atoms with Gasteiger partial charge in [-0.3, -0.25) is 0 Å². The number of aliphatic hydroxyl groups excluding tert-OH is 1. The fourth-order valence-electron chi connectivity index (χ4n) is 1.44. The van der Waals surface area contributed by atoms with E-state index in [-0.39, 0.29) is 0 Å². The molecule has 0 aliphatic heterocycles. The predicted molar refractivity (Wildman–Crippen MR) is 72.4 cm³/mol.